The van der Waals surface area contributed by atoms with Crippen molar-refractivity contribution in [1.29, 1.82) is 0 Å². The summed E-state index contributed by atoms with van der Waals surface area (Å²) in [5.41, 5.74) is 1.88. The van der Waals surface area contributed by atoms with Gasteiger partial charge in [-0.15, -0.1) is 0 Å². The molecule has 2 aromatic rings. The van der Waals surface area contributed by atoms with E-state index in [0.717, 1.165) is 30.2 Å². The van der Waals surface area contributed by atoms with Gasteiger partial charge in [-0.25, -0.2) is 8.78 Å². The Hall–Kier alpha value is -2.96. The lowest BCUT2D eigenvalue weighted by atomic mass is 10.0. The summed E-state index contributed by atoms with van der Waals surface area (Å²) in [5, 5.41) is 4.18. The monoisotopic (exact) mass is 400 g/mol. The van der Waals surface area contributed by atoms with E-state index in [-0.39, 0.29) is 36.6 Å². The molecule has 0 radical (unpaired) electrons. The predicted molar refractivity (Wildman–Crippen MR) is 104 cm³/mol. The minimum absolute atomic E-state index is 0.0190. The van der Waals surface area contributed by atoms with Crippen LogP contribution in [0.25, 0.3) is 0 Å². The van der Waals surface area contributed by atoms with Crippen LogP contribution in [0.5, 0.6) is 5.75 Å². The molecule has 0 saturated heterocycles. The van der Waals surface area contributed by atoms with Crippen LogP contribution in [0.15, 0.2) is 47.6 Å². The molecule has 1 fully saturated rings. The van der Waals surface area contributed by atoms with Crippen LogP contribution in [0.2, 0.25) is 0 Å². The Balaban J connectivity index is 1.46. The molecule has 2 aromatic carbocycles. The molecule has 7 heteroatoms. The van der Waals surface area contributed by atoms with Crippen molar-refractivity contribution in [3.63, 3.8) is 0 Å². The summed E-state index contributed by atoms with van der Waals surface area (Å²) in [6, 6.07) is 11.0. The summed E-state index contributed by atoms with van der Waals surface area (Å²) in [6.07, 6.45) is 1.87. The fourth-order valence-electron chi connectivity index (χ4n) is 3.49. The highest BCUT2D eigenvalue weighted by Crippen LogP contribution is 2.32. The minimum atomic E-state index is -0.656. The molecule has 1 amide bonds. The van der Waals surface area contributed by atoms with Crippen LogP contribution in [0.3, 0.4) is 0 Å². The largest absolute Gasteiger partial charge is 0.496 e. The van der Waals surface area contributed by atoms with Crippen molar-refractivity contribution in [3.05, 3.63) is 65.2 Å². The zero-order valence-corrected chi connectivity index (χ0v) is 16.1. The van der Waals surface area contributed by atoms with E-state index in [4.69, 9.17) is 9.57 Å². The van der Waals surface area contributed by atoms with Crippen molar-refractivity contribution in [3.8, 4) is 5.75 Å². The van der Waals surface area contributed by atoms with Crippen molar-refractivity contribution in [2.45, 2.75) is 31.9 Å². The third-order valence-corrected chi connectivity index (χ3v) is 5.19. The maximum Gasteiger partial charge on any atom is 0.226 e. The second kappa shape index (κ2) is 8.19. The molecule has 152 valence electrons. The van der Waals surface area contributed by atoms with Crippen LogP contribution in [-0.4, -0.2) is 36.3 Å². The van der Waals surface area contributed by atoms with Crippen molar-refractivity contribution < 1.29 is 23.1 Å². The first-order valence-corrected chi connectivity index (χ1v) is 9.64. The third kappa shape index (κ3) is 4.39. The summed E-state index contributed by atoms with van der Waals surface area (Å²) in [4.78, 5) is 19.9. The van der Waals surface area contributed by atoms with Crippen molar-refractivity contribution in [2.75, 3.05) is 13.7 Å². The number of ether oxygens (including phenoxy) is 1. The van der Waals surface area contributed by atoms with E-state index in [1.54, 1.807) is 12.0 Å². The van der Waals surface area contributed by atoms with Crippen LogP contribution >= 0.6 is 0 Å². The number of rotatable bonds is 7. The normalized spacial score (nSPS) is 18.2. The van der Waals surface area contributed by atoms with Crippen molar-refractivity contribution >= 4 is 11.6 Å². The number of benzene rings is 2. The van der Waals surface area contributed by atoms with Gasteiger partial charge in [0.25, 0.3) is 0 Å². The molecule has 1 saturated carbocycles. The first-order chi connectivity index (χ1) is 14.0. The summed E-state index contributed by atoms with van der Waals surface area (Å²) in [5.74, 6) is -0.635. The first kappa shape index (κ1) is 19.4. The Morgan fingerprint density at radius 3 is 2.76 bits per heavy atom. The number of halogens is 2. The Kier molecular flexibility index (Phi) is 5.47. The lowest BCUT2D eigenvalue weighted by Gasteiger charge is -2.25. The average molecular weight is 400 g/mol. The van der Waals surface area contributed by atoms with Gasteiger partial charge < -0.3 is 14.5 Å². The predicted octanol–water partition coefficient (Wildman–Crippen LogP) is 3.91. The zero-order valence-electron chi connectivity index (χ0n) is 16.1. The second-order valence-corrected chi connectivity index (χ2v) is 7.40. The Morgan fingerprint density at radius 1 is 1.24 bits per heavy atom. The summed E-state index contributed by atoms with van der Waals surface area (Å²) >= 11 is 0. The van der Waals surface area contributed by atoms with Crippen LogP contribution in [0.4, 0.5) is 8.78 Å². The third-order valence-electron chi connectivity index (χ3n) is 5.19. The molecule has 0 bridgehead atoms. The van der Waals surface area contributed by atoms with Crippen molar-refractivity contribution in [1.82, 2.24) is 4.90 Å². The van der Waals surface area contributed by atoms with E-state index >= 15 is 0 Å². The second-order valence-electron chi connectivity index (χ2n) is 7.40. The Labute approximate surface area is 167 Å². The molecule has 0 N–H and O–H groups in total. The number of oxime groups is 1. The highest BCUT2D eigenvalue weighted by atomic mass is 19.1. The Bertz CT molecular complexity index is 943. The van der Waals surface area contributed by atoms with Crippen LogP contribution < -0.4 is 4.74 Å². The molecule has 29 heavy (non-hydrogen) atoms. The van der Waals surface area contributed by atoms with Crippen LogP contribution in [-0.2, 0) is 16.2 Å². The lowest BCUT2D eigenvalue weighted by Crippen LogP contribution is -2.38. The highest BCUT2D eigenvalue weighted by molar-refractivity contribution is 6.03. The van der Waals surface area contributed by atoms with Crippen molar-refractivity contribution in [2.24, 2.45) is 11.1 Å². The lowest BCUT2D eigenvalue weighted by molar-refractivity contribution is -0.135. The van der Waals surface area contributed by atoms with E-state index in [0.29, 0.717) is 12.2 Å². The number of hydrogen-bond acceptors (Lipinski definition) is 4. The molecule has 5 nitrogen and oxygen atoms in total. The molecule has 1 aliphatic carbocycles. The quantitative estimate of drug-likeness (QED) is 0.708. The van der Waals surface area contributed by atoms with Gasteiger partial charge in [0.05, 0.1) is 19.4 Å². The molecule has 1 atom stereocenters. The summed E-state index contributed by atoms with van der Waals surface area (Å²) in [7, 11) is 1.60. The number of para-hydroxylation sites is 1. The number of carbonyl (C=O) groups excluding carboxylic acids is 1. The number of hydrogen-bond donors (Lipinski definition) is 0. The molecule has 4 rings (SSSR count). The smallest absolute Gasteiger partial charge is 0.226 e. The molecular weight excluding hydrogens is 378 g/mol. The van der Waals surface area contributed by atoms with Gasteiger partial charge in [0.2, 0.25) is 5.91 Å². The fraction of sp³-hybridized carbons (Fsp3) is 0.364. The van der Waals surface area contributed by atoms with E-state index in [1.807, 2.05) is 24.3 Å². The first-order valence-electron chi connectivity index (χ1n) is 9.64. The average Bonchev–Trinajstić information content (AvgIpc) is 3.47. The number of nitrogens with zero attached hydrogens (tertiary/aromatic N) is 2. The molecule has 0 aromatic heterocycles. The molecule has 1 aliphatic heterocycles. The summed E-state index contributed by atoms with van der Waals surface area (Å²) in [6.45, 7) is 0.361. The van der Waals surface area contributed by atoms with Crippen LogP contribution in [0, 0.1) is 17.6 Å². The maximum absolute atomic E-state index is 14.1. The maximum atomic E-state index is 14.1. The van der Waals surface area contributed by atoms with E-state index < -0.39 is 11.6 Å². The highest BCUT2D eigenvalue weighted by Gasteiger charge is 2.36. The van der Waals surface area contributed by atoms with Gasteiger partial charge in [-0.3, -0.25) is 4.79 Å². The minimum Gasteiger partial charge on any atom is -0.496 e. The molecule has 1 heterocycles. The molecule has 2 aliphatic rings. The van der Waals surface area contributed by atoms with Gasteiger partial charge in [0.1, 0.15) is 17.4 Å². The van der Waals surface area contributed by atoms with Gasteiger partial charge >= 0.3 is 0 Å². The Morgan fingerprint density at radius 2 is 2.03 bits per heavy atom. The number of carbonyl (C=O) groups is 1. The molecule has 1 unspecified atom stereocenters. The van der Waals surface area contributed by atoms with E-state index in [2.05, 4.69) is 5.16 Å². The molecule has 0 spiro atoms. The standard InChI is InChI=1S/C22H22F2N2O3/c1-28-21-5-3-2-4-18(21)20-11-17(29-25-20)13-26(22(27)14-6-7-14)12-15-8-9-16(23)10-19(15)24/h2-5,8-10,14,17H,6-7,11-13H2,1H3. The van der Waals surface area contributed by atoms with Gasteiger partial charge in [0.15, 0.2) is 6.10 Å². The zero-order chi connectivity index (χ0) is 20.4. The van der Waals surface area contributed by atoms with Gasteiger partial charge in [-0.05, 0) is 31.0 Å². The van der Waals surface area contributed by atoms with Gasteiger partial charge in [-0.2, -0.15) is 0 Å². The number of amides is 1. The molecular formula is C22H22F2N2O3. The summed E-state index contributed by atoms with van der Waals surface area (Å²) < 4.78 is 32.7. The topological polar surface area (TPSA) is 51.1 Å². The van der Waals surface area contributed by atoms with E-state index in [1.165, 1.54) is 12.1 Å². The number of methoxy groups -OCH3 is 1. The van der Waals surface area contributed by atoms with E-state index in [9.17, 15) is 13.6 Å². The van der Waals surface area contributed by atoms with Gasteiger partial charge in [0, 0.05) is 36.1 Å². The van der Waals surface area contributed by atoms with Crippen LogP contribution in [0.1, 0.15) is 30.4 Å². The van der Waals surface area contributed by atoms with Gasteiger partial charge in [-0.1, -0.05) is 23.4 Å². The fourth-order valence-corrected chi connectivity index (χ4v) is 3.49. The SMILES string of the molecule is COc1ccccc1C1=NOC(CN(Cc2ccc(F)cc2F)C(=O)C2CC2)C1.